The standard InChI is InChI=1S/C21H23N3O/c1-3-7-18(8-4-1)20-17-22-21(25-20)11-12-23-13-15-24(16-14-23)19-9-5-2-6-10-19/h1-10,17H,11-16H2. The first kappa shape index (κ1) is 15.9. The van der Waals surface area contributed by atoms with Crippen LogP contribution in [0.4, 0.5) is 5.69 Å². The summed E-state index contributed by atoms with van der Waals surface area (Å²) < 4.78 is 5.90. The number of nitrogens with zero attached hydrogens (tertiary/aromatic N) is 3. The molecule has 1 saturated heterocycles. The molecule has 2 heterocycles. The van der Waals surface area contributed by atoms with Crippen LogP contribution in [0.2, 0.25) is 0 Å². The average molecular weight is 333 g/mol. The fraction of sp³-hybridized carbons (Fsp3) is 0.286. The zero-order valence-electron chi connectivity index (χ0n) is 14.3. The highest BCUT2D eigenvalue weighted by Crippen LogP contribution is 2.20. The maximum atomic E-state index is 5.90. The van der Waals surface area contributed by atoms with Gasteiger partial charge >= 0.3 is 0 Å². The van der Waals surface area contributed by atoms with Crippen molar-refractivity contribution in [1.82, 2.24) is 9.88 Å². The quantitative estimate of drug-likeness (QED) is 0.712. The third kappa shape index (κ3) is 3.91. The number of hydrogen-bond acceptors (Lipinski definition) is 4. The van der Waals surface area contributed by atoms with Gasteiger partial charge in [0.05, 0.1) is 6.20 Å². The molecule has 3 aromatic rings. The fourth-order valence-corrected chi connectivity index (χ4v) is 3.28. The Morgan fingerprint density at radius 3 is 2.24 bits per heavy atom. The summed E-state index contributed by atoms with van der Waals surface area (Å²) in [4.78, 5) is 9.38. The number of piperazine rings is 1. The second-order valence-electron chi connectivity index (χ2n) is 6.40. The Morgan fingerprint density at radius 1 is 0.840 bits per heavy atom. The molecule has 0 unspecified atom stereocenters. The van der Waals surface area contributed by atoms with Gasteiger partial charge in [0.2, 0.25) is 0 Å². The first-order chi connectivity index (χ1) is 12.4. The lowest BCUT2D eigenvalue weighted by Crippen LogP contribution is -2.47. The van der Waals surface area contributed by atoms with E-state index in [1.807, 2.05) is 36.5 Å². The van der Waals surface area contributed by atoms with E-state index in [0.717, 1.165) is 56.4 Å². The van der Waals surface area contributed by atoms with Gasteiger partial charge in [-0.2, -0.15) is 0 Å². The minimum absolute atomic E-state index is 0.823. The van der Waals surface area contributed by atoms with E-state index in [9.17, 15) is 0 Å². The van der Waals surface area contributed by atoms with Gasteiger partial charge < -0.3 is 9.32 Å². The maximum absolute atomic E-state index is 5.90. The summed E-state index contributed by atoms with van der Waals surface area (Å²) in [6, 6.07) is 20.8. The van der Waals surface area contributed by atoms with Gasteiger partial charge in [0.25, 0.3) is 0 Å². The van der Waals surface area contributed by atoms with Gasteiger partial charge in [-0.1, -0.05) is 48.5 Å². The molecule has 0 bridgehead atoms. The van der Waals surface area contributed by atoms with E-state index < -0.39 is 0 Å². The first-order valence-corrected chi connectivity index (χ1v) is 8.91. The summed E-state index contributed by atoms with van der Waals surface area (Å²) >= 11 is 0. The minimum atomic E-state index is 0.823. The van der Waals surface area contributed by atoms with Gasteiger partial charge in [-0.15, -0.1) is 0 Å². The highest BCUT2D eigenvalue weighted by Gasteiger charge is 2.17. The van der Waals surface area contributed by atoms with Crippen molar-refractivity contribution < 1.29 is 4.42 Å². The molecule has 2 aromatic carbocycles. The zero-order valence-corrected chi connectivity index (χ0v) is 14.3. The van der Waals surface area contributed by atoms with Crippen LogP contribution in [0.5, 0.6) is 0 Å². The highest BCUT2D eigenvalue weighted by atomic mass is 16.4. The Bertz CT molecular complexity index is 777. The average Bonchev–Trinajstić information content (AvgIpc) is 3.17. The molecule has 0 saturated carbocycles. The van der Waals surface area contributed by atoms with Crippen molar-refractivity contribution in [3.8, 4) is 11.3 Å². The third-order valence-corrected chi connectivity index (χ3v) is 4.75. The number of hydrogen-bond donors (Lipinski definition) is 0. The summed E-state index contributed by atoms with van der Waals surface area (Å²) in [5.74, 6) is 1.67. The second kappa shape index (κ2) is 7.53. The Kier molecular flexibility index (Phi) is 4.79. The van der Waals surface area contributed by atoms with Crippen LogP contribution in [0.3, 0.4) is 0 Å². The summed E-state index contributed by atoms with van der Waals surface area (Å²) in [6.45, 7) is 5.31. The number of rotatable bonds is 5. The number of para-hydroxylation sites is 1. The van der Waals surface area contributed by atoms with Crippen LogP contribution < -0.4 is 4.90 Å². The molecule has 4 rings (SSSR count). The molecule has 25 heavy (non-hydrogen) atoms. The lowest BCUT2D eigenvalue weighted by molar-refractivity contribution is 0.254. The van der Waals surface area contributed by atoms with E-state index in [2.05, 4.69) is 45.1 Å². The van der Waals surface area contributed by atoms with Gasteiger partial charge in [-0.25, -0.2) is 4.98 Å². The summed E-state index contributed by atoms with van der Waals surface area (Å²) in [6.07, 6.45) is 2.69. The third-order valence-electron chi connectivity index (χ3n) is 4.75. The summed E-state index contributed by atoms with van der Waals surface area (Å²) in [5, 5.41) is 0. The molecule has 0 spiro atoms. The fourth-order valence-electron chi connectivity index (χ4n) is 3.28. The molecular weight excluding hydrogens is 310 g/mol. The van der Waals surface area contributed by atoms with Gasteiger partial charge in [0.1, 0.15) is 0 Å². The van der Waals surface area contributed by atoms with Gasteiger partial charge in [0.15, 0.2) is 11.7 Å². The zero-order chi connectivity index (χ0) is 16.9. The minimum Gasteiger partial charge on any atom is -0.441 e. The normalized spacial score (nSPS) is 15.4. The second-order valence-corrected chi connectivity index (χ2v) is 6.40. The van der Waals surface area contributed by atoms with Crippen LogP contribution in [-0.4, -0.2) is 42.6 Å². The molecule has 1 aliphatic heterocycles. The van der Waals surface area contributed by atoms with E-state index in [1.54, 1.807) is 0 Å². The summed E-state index contributed by atoms with van der Waals surface area (Å²) in [5.41, 5.74) is 2.40. The Hall–Kier alpha value is -2.59. The van der Waals surface area contributed by atoms with Gasteiger partial charge in [-0.3, -0.25) is 4.90 Å². The maximum Gasteiger partial charge on any atom is 0.196 e. The van der Waals surface area contributed by atoms with Crippen LogP contribution in [0, 0.1) is 0 Å². The molecule has 0 N–H and O–H groups in total. The molecule has 1 aromatic heterocycles. The molecule has 1 fully saturated rings. The largest absolute Gasteiger partial charge is 0.441 e. The molecule has 128 valence electrons. The van der Waals surface area contributed by atoms with Crippen LogP contribution in [0.1, 0.15) is 5.89 Å². The van der Waals surface area contributed by atoms with Crippen molar-refractivity contribution in [2.45, 2.75) is 6.42 Å². The smallest absolute Gasteiger partial charge is 0.196 e. The van der Waals surface area contributed by atoms with Gasteiger partial charge in [-0.05, 0) is 12.1 Å². The predicted octanol–water partition coefficient (Wildman–Crippen LogP) is 3.71. The number of oxazole rings is 1. The van der Waals surface area contributed by atoms with Crippen molar-refractivity contribution in [2.24, 2.45) is 0 Å². The Labute approximate surface area is 148 Å². The molecule has 0 atom stereocenters. The van der Waals surface area contributed by atoms with E-state index in [1.165, 1.54) is 5.69 Å². The van der Waals surface area contributed by atoms with Crippen LogP contribution in [0.15, 0.2) is 71.3 Å². The van der Waals surface area contributed by atoms with E-state index in [4.69, 9.17) is 4.42 Å². The van der Waals surface area contributed by atoms with Crippen LogP contribution in [0.25, 0.3) is 11.3 Å². The molecule has 4 nitrogen and oxygen atoms in total. The molecule has 4 heteroatoms. The highest BCUT2D eigenvalue weighted by molar-refractivity contribution is 5.55. The van der Waals surface area contributed by atoms with Crippen molar-refractivity contribution in [1.29, 1.82) is 0 Å². The van der Waals surface area contributed by atoms with Crippen molar-refractivity contribution in [2.75, 3.05) is 37.6 Å². The lowest BCUT2D eigenvalue weighted by atomic mass is 10.2. The van der Waals surface area contributed by atoms with Crippen LogP contribution >= 0.6 is 0 Å². The van der Waals surface area contributed by atoms with Crippen molar-refractivity contribution >= 4 is 5.69 Å². The lowest BCUT2D eigenvalue weighted by Gasteiger charge is -2.35. The number of aromatic nitrogens is 1. The predicted molar refractivity (Wildman–Crippen MR) is 101 cm³/mol. The number of benzene rings is 2. The molecule has 1 aliphatic rings. The Balaban J connectivity index is 1.28. The van der Waals surface area contributed by atoms with E-state index in [0.29, 0.717) is 0 Å². The van der Waals surface area contributed by atoms with E-state index >= 15 is 0 Å². The molecule has 0 radical (unpaired) electrons. The SMILES string of the molecule is c1ccc(-c2cnc(CCN3CCN(c4ccccc4)CC3)o2)cc1. The van der Waals surface area contributed by atoms with Crippen molar-refractivity contribution in [3.63, 3.8) is 0 Å². The number of anilines is 1. The first-order valence-electron chi connectivity index (χ1n) is 8.91. The Morgan fingerprint density at radius 2 is 1.52 bits per heavy atom. The molecule has 0 aliphatic carbocycles. The van der Waals surface area contributed by atoms with Crippen molar-refractivity contribution in [3.05, 3.63) is 72.8 Å². The molecular formula is C21H23N3O. The van der Waals surface area contributed by atoms with E-state index in [-0.39, 0.29) is 0 Å². The topological polar surface area (TPSA) is 32.5 Å². The van der Waals surface area contributed by atoms with Crippen LogP contribution in [-0.2, 0) is 6.42 Å². The van der Waals surface area contributed by atoms with Gasteiger partial charge in [0, 0.05) is 50.4 Å². The molecule has 0 amide bonds. The monoisotopic (exact) mass is 333 g/mol. The summed E-state index contributed by atoms with van der Waals surface area (Å²) in [7, 11) is 0.